The fourth-order valence-corrected chi connectivity index (χ4v) is 5.99. The minimum Gasteiger partial charge on any atom is -0.477 e. The summed E-state index contributed by atoms with van der Waals surface area (Å²) in [7, 11) is 1.78. The molecule has 0 saturated carbocycles. The van der Waals surface area contributed by atoms with Crippen LogP contribution in [-0.4, -0.2) is 65.7 Å². The number of amides is 2. The average Bonchev–Trinajstić information content (AvgIpc) is 3.21. The molecule has 0 unspecified atom stereocenters. The largest absolute Gasteiger partial charge is 0.477 e. The SMILES string of the molecule is Cn1cc(CSCC2=C(C(=O)O)N3C(=O)[C@@H](NC(=O)[C@H](N)c4ccccc4)[C@H]3SC2)nn1. The van der Waals surface area contributed by atoms with E-state index >= 15 is 0 Å². The zero-order valence-corrected chi connectivity index (χ0v) is 18.8. The highest BCUT2D eigenvalue weighted by atomic mass is 32.2. The number of aromatic nitrogens is 3. The zero-order valence-electron chi connectivity index (χ0n) is 17.2. The second-order valence-corrected chi connectivity index (χ2v) is 9.51. The van der Waals surface area contributed by atoms with Gasteiger partial charge in [0.05, 0.1) is 5.69 Å². The Balaban J connectivity index is 1.41. The van der Waals surface area contributed by atoms with E-state index in [1.165, 1.54) is 28.4 Å². The first-order chi connectivity index (χ1) is 15.4. The molecule has 1 fully saturated rings. The molecule has 2 aromatic rings. The van der Waals surface area contributed by atoms with E-state index in [4.69, 9.17) is 5.73 Å². The van der Waals surface area contributed by atoms with Crippen molar-refractivity contribution in [3.05, 3.63) is 59.1 Å². The van der Waals surface area contributed by atoms with Gasteiger partial charge in [0.15, 0.2) is 0 Å². The summed E-state index contributed by atoms with van der Waals surface area (Å²) >= 11 is 2.95. The van der Waals surface area contributed by atoms with Crippen molar-refractivity contribution in [3.8, 4) is 0 Å². The lowest BCUT2D eigenvalue weighted by atomic mass is 10.0. The van der Waals surface area contributed by atoms with Crippen molar-refractivity contribution in [3.63, 3.8) is 0 Å². The van der Waals surface area contributed by atoms with E-state index < -0.39 is 35.2 Å². The number of β-lactam (4-membered cyclic amide) rings is 1. The van der Waals surface area contributed by atoms with Crippen LogP contribution in [0.1, 0.15) is 17.3 Å². The van der Waals surface area contributed by atoms with Gasteiger partial charge in [-0.1, -0.05) is 35.5 Å². The maximum atomic E-state index is 12.8. The van der Waals surface area contributed by atoms with E-state index in [2.05, 4.69) is 15.6 Å². The molecule has 10 nitrogen and oxygen atoms in total. The summed E-state index contributed by atoms with van der Waals surface area (Å²) in [5, 5.41) is 19.9. The van der Waals surface area contributed by atoms with Gasteiger partial charge in [-0.3, -0.25) is 19.2 Å². The molecule has 1 aromatic carbocycles. The van der Waals surface area contributed by atoms with Crippen LogP contribution < -0.4 is 11.1 Å². The van der Waals surface area contributed by atoms with E-state index in [0.717, 1.165) is 5.69 Å². The van der Waals surface area contributed by atoms with Gasteiger partial charge >= 0.3 is 5.97 Å². The normalized spacial score (nSPS) is 21.1. The number of fused-ring (bicyclic) bond motifs is 1. The lowest BCUT2D eigenvalue weighted by Crippen LogP contribution is -2.71. The summed E-state index contributed by atoms with van der Waals surface area (Å²) in [6.45, 7) is 0. The molecule has 2 aliphatic rings. The predicted octanol–water partition coefficient (Wildman–Crippen LogP) is 0.487. The van der Waals surface area contributed by atoms with Gasteiger partial charge in [0, 0.05) is 30.5 Å². The summed E-state index contributed by atoms with van der Waals surface area (Å²) in [4.78, 5) is 38.6. The predicted molar refractivity (Wildman–Crippen MR) is 120 cm³/mol. The second kappa shape index (κ2) is 9.35. The fourth-order valence-electron chi connectivity index (χ4n) is 3.59. The summed E-state index contributed by atoms with van der Waals surface area (Å²) in [5.41, 5.74) is 8.13. The number of aliphatic carboxylic acids is 1. The minimum absolute atomic E-state index is 0.00301. The molecule has 4 rings (SSSR count). The number of carbonyl (C=O) groups excluding carboxylic acids is 2. The highest BCUT2D eigenvalue weighted by Crippen LogP contribution is 2.41. The number of thioether (sulfide) groups is 2. The van der Waals surface area contributed by atoms with Crippen LogP contribution in [0, 0.1) is 0 Å². The molecular weight excluding hydrogens is 452 g/mol. The highest BCUT2D eigenvalue weighted by Gasteiger charge is 2.54. The Bertz CT molecular complexity index is 1070. The van der Waals surface area contributed by atoms with E-state index in [0.29, 0.717) is 28.4 Å². The topological polar surface area (TPSA) is 143 Å². The lowest BCUT2D eigenvalue weighted by molar-refractivity contribution is -0.150. The van der Waals surface area contributed by atoms with Crippen molar-refractivity contribution in [2.24, 2.45) is 12.8 Å². The van der Waals surface area contributed by atoms with E-state index in [1.807, 2.05) is 6.07 Å². The number of nitrogens with two attached hydrogens (primary N) is 1. The van der Waals surface area contributed by atoms with Crippen LogP contribution in [0.5, 0.6) is 0 Å². The Morgan fingerprint density at radius 2 is 2.09 bits per heavy atom. The number of aryl methyl sites for hydroxylation is 1. The molecule has 3 heterocycles. The third-order valence-corrected chi connectivity index (χ3v) is 7.56. The summed E-state index contributed by atoms with van der Waals surface area (Å²) in [5.74, 6) is -0.559. The van der Waals surface area contributed by atoms with Crippen LogP contribution in [-0.2, 0) is 27.2 Å². The average molecular weight is 475 g/mol. The van der Waals surface area contributed by atoms with Crippen molar-refractivity contribution in [1.29, 1.82) is 0 Å². The monoisotopic (exact) mass is 474 g/mol. The van der Waals surface area contributed by atoms with Gasteiger partial charge in [0.1, 0.15) is 23.2 Å². The molecule has 32 heavy (non-hydrogen) atoms. The number of hydrogen-bond acceptors (Lipinski definition) is 8. The molecule has 0 aliphatic carbocycles. The number of carbonyl (C=O) groups is 3. The summed E-state index contributed by atoms with van der Waals surface area (Å²) in [6.07, 6.45) is 1.80. The number of nitrogens with one attached hydrogen (secondary N) is 1. The molecule has 2 aliphatic heterocycles. The van der Waals surface area contributed by atoms with Crippen LogP contribution in [0.2, 0.25) is 0 Å². The van der Waals surface area contributed by atoms with Gasteiger partial charge in [-0.15, -0.1) is 16.9 Å². The maximum absolute atomic E-state index is 12.8. The van der Waals surface area contributed by atoms with Crippen molar-refractivity contribution in [2.45, 2.75) is 23.2 Å². The molecular formula is C20H22N6O4S2. The van der Waals surface area contributed by atoms with Gasteiger partial charge in [-0.2, -0.15) is 11.8 Å². The highest BCUT2D eigenvalue weighted by molar-refractivity contribution is 8.00. The molecule has 0 bridgehead atoms. The van der Waals surface area contributed by atoms with Crippen LogP contribution in [0.3, 0.4) is 0 Å². The summed E-state index contributed by atoms with van der Waals surface area (Å²) in [6, 6.07) is 7.16. The van der Waals surface area contributed by atoms with Gasteiger partial charge in [0.2, 0.25) is 5.91 Å². The molecule has 1 aromatic heterocycles. The van der Waals surface area contributed by atoms with Crippen LogP contribution in [0.15, 0.2) is 47.8 Å². The number of hydrogen-bond donors (Lipinski definition) is 3. The maximum Gasteiger partial charge on any atom is 0.352 e. The van der Waals surface area contributed by atoms with Crippen molar-refractivity contribution in [2.75, 3.05) is 11.5 Å². The van der Waals surface area contributed by atoms with Crippen molar-refractivity contribution < 1.29 is 19.5 Å². The van der Waals surface area contributed by atoms with Crippen LogP contribution >= 0.6 is 23.5 Å². The Hall–Kier alpha value is -2.83. The van der Waals surface area contributed by atoms with E-state index in [9.17, 15) is 19.5 Å². The first-order valence-electron chi connectivity index (χ1n) is 9.80. The molecule has 0 spiro atoms. The van der Waals surface area contributed by atoms with Gasteiger partial charge in [-0.25, -0.2) is 4.79 Å². The number of benzene rings is 1. The molecule has 12 heteroatoms. The van der Waals surface area contributed by atoms with E-state index in [1.54, 1.807) is 42.2 Å². The number of nitrogens with zero attached hydrogens (tertiary/aromatic N) is 4. The Kier molecular flexibility index (Phi) is 6.53. The Morgan fingerprint density at radius 1 is 1.34 bits per heavy atom. The molecule has 2 amide bonds. The van der Waals surface area contributed by atoms with Gasteiger partial charge < -0.3 is 16.2 Å². The number of rotatable bonds is 8. The number of carboxylic acid groups (broad SMARTS) is 1. The Morgan fingerprint density at radius 3 is 2.75 bits per heavy atom. The van der Waals surface area contributed by atoms with Crippen molar-refractivity contribution >= 4 is 41.3 Å². The minimum atomic E-state index is -1.15. The second-order valence-electron chi connectivity index (χ2n) is 7.42. The Labute approximate surface area is 192 Å². The molecule has 168 valence electrons. The van der Waals surface area contributed by atoms with Crippen molar-refractivity contribution in [1.82, 2.24) is 25.2 Å². The van der Waals surface area contributed by atoms with E-state index in [-0.39, 0.29) is 5.70 Å². The standard InChI is InChI=1S/C20H22N6O4S2/c1-25-7-13(23-24-25)10-31-8-12-9-32-19-15(18(28)26(19)16(12)20(29)30)22-17(27)14(21)11-5-3-2-4-6-11/h2-7,14-15,19H,8-10,21H2,1H3,(H,22,27)(H,29,30)/t14-,15-,19-/m1/s1. The first-order valence-corrected chi connectivity index (χ1v) is 12.0. The van der Waals surface area contributed by atoms with Gasteiger partial charge in [0.25, 0.3) is 5.91 Å². The molecule has 0 radical (unpaired) electrons. The quantitative estimate of drug-likeness (QED) is 0.466. The molecule has 1 saturated heterocycles. The number of carboxylic acids is 1. The van der Waals surface area contributed by atoms with Gasteiger partial charge in [-0.05, 0) is 11.1 Å². The smallest absolute Gasteiger partial charge is 0.352 e. The van der Waals surface area contributed by atoms with Crippen LogP contribution in [0.25, 0.3) is 0 Å². The summed E-state index contributed by atoms with van der Waals surface area (Å²) < 4.78 is 1.61. The molecule has 3 atom stereocenters. The van der Waals surface area contributed by atoms with Crippen LogP contribution in [0.4, 0.5) is 0 Å². The first kappa shape index (κ1) is 22.4. The molecule has 4 N–H and O–H groups in total. The third kappa shape index (κ3) is 4.38. The third-order valence-electron chi connectivity index (χ3n) is 5.17. The zero-order chi connectivity index (χ0) is 22.8. The fraction of sp³-hybridized carbons (Fsp3) is 0.350. The lowest BCUT2D eigenvalue weighted by Gasteiger charge is -2.49.